The second-order valence-corrected chi connectivity index (χ2v) is 8.64. The Morgan fingerprint density at radius 2 is 2.15 bits per heavy atom. The van der Waals surface area contributed by atoms with Crippen LogP contribution < -0.4 is 16.0 Å². The van der Waals surface area contributed by atoms with Gasteiger partial charge in [-0.05, 0) is 64.0 Å². The molecule has 1 heterocycles. The van der Waals surface area contributed by atoms with Gasteiger partial charge in [0.2, 0.25) is 5.91 Å². The maximum Gasteiger partial charge on any atom is 0.242 e. The lowest BCUT2D eigenvalue weighted by atomic mass is 9.95. The Hall–Kier alpha value is -1.98. The van der Waals surface area contributed by atoms with E-state index < -0.39 is 0 Å². The van der Waals surface area contributed by atoms with E-state index in [-0.39, 0.29) is 18.0 Å². The van der Waals surface area contributed by atoms with Gasteiger partial charge in [0.25, 0.3) is 0 Å². The summed E-state index contributed by atoms with van der Waals surface area (Å²) >= 11 is 0. The zero-order valence-corrected chi connectivity index (χ0v) is 16.2. The Balaban J connectivity index is 1.54. The van der Waals surface area contributed by atoms with Gasteiger partial charge >= 0.3 is 0 Å². The van der Waals surface area contributed by atoms with Crippen molar-refractivity contribution in [2.75, 3.05) is 13.1 Å². The number of rotatable bonds is 6. The number of guanidine groups is 1. The van der Waals surface area contributed by atoms with Gasteiger partial charge in [0.15, 0.2) is 5.96 Å². The first-order valence-electron chi connectivity index (χ1n) is 9.77. The van der Waals surface area contributed by atoms with Gasteiger partial charge in [-0.15, -0.1) is 0 Å². The fourth-order valence-corrected chi connectivity index (χ4v) is 4.12. The minimum absolute atomic E-state index is 0.0578. The Kier molecular flexibility index (Phi) is 5.89. The molecule has 3 atom stereocenters. The van der Waals surface area contributed by atoms with Crippen molar-refractivity contribution in [2.24, 2.45) is 16.8 Å². The topological polar surface area (TPSA) is 78.7 Å². The zero-order valence-electron chi connectivity index (χ0n) is 16.2. The molecule has 1 amide bonds. The summed E-state index contributed by atoms with van der Waals surface area (Å²) in [7, 11) is 0. The highest BCUT2D eigenvalue weighted by Crippen LogP contribution is 2.44. The van der Waals surface area contributed by atoms with Gasteiger partial charge in [-0.2, -0.15) is 0 Å². The highest BCUT2D eigenvalue weighted by atomic mass is 16.3. The van der Waals surface area contributed by atoms with Crippen molar-refractivity contribution < 1.29 is 9.21 Å². The van der Waals surface area contributed by atoms with E-state index in [0.29, 0.717) is 6.04 Å². The van der Waals surface area contributed by atoms with Crippen LogP contribution in [0, 0.1) is 11.8 Å². The summed E-state index contributed by atoms with van der Waals surface area (Å²) in [5.41, 5.74) is -0.239. The number of amides is 1. The van der Waals surface area contributed by atoms with Gasteiger partial charge in [0.05, 0.1) is 6.26 Å². The van der Waals surface area contributed by atoms with Crippen LogP contribution in [0.2, 0.25) is 0 Å². The summed E-state index contributed by atoms with van der Waals surface area (Å²) < 4.78 is 5.38. The molecule has 144 valence electrons. The fourth-order valence-electron chi connectivity index (χ4n) is 4.12. The van der Waals surface area contributed by atoms with E-state index in [1.54, 1.807) is 6.26 Å². The number of nitrogens with one attached hydrogen (secondary N) is 3. The van der Waals surface area contributed by atoms with Crippen LogP contribution in [0.5, 0.6) is 0 Å². The number of carbonyl (C=O) groups is 1. The minimum Gasteiger partial charge on any atom is -0.469 e. The Bertz CT molecular complexity index is 618. The summed E-state index contributed by atoms with van der Waals surface area (Å²) in [6.07, 6.45) is 7.72. The van der Waals surface area contributed by atoms with E-state index >= 15 is 0 Å². The summed E-state index contributed by atoms with van der Waals surface area (Å²) in [5.74, 6) is 3.24. The molecule has 2 aliphatic rings. The van der Waals surface area contributed by atoms with Gasteiger partial charge in [0.1, 0.15) is 12.3 Å². The molecule has 1 aromatic heterocycles. The van der Waals surface area contributed by atoms with Crippen molar-refractivity contribution >= 4 is 11.9 Å². The molecule has 26 heavy (non-hydrogen) atoms. The molecule has 2 saturated carbocycles. The third-order valence-corrected chi connectivity index (χ3v) is 5.20. The molecule has 2 bridgehead atoms. The molecule has 3 rings (SSSR count). The number of hydrogen-bond acceptors (Lipinski definition) is 3. The highest BCUT2D eigenvalue weighted by molar-refractivity contribution is 5.85. The number of carbonyl (C=O) groups excluding carboxylic acids is 1. The lowest BCUT2D eigenvalue weighted by molar-refractivity contribution is -0.121. The van der Waals surface area contributed by atoms with Crippen LogP contribution in [0.3, 0.4) is 0 Å². The summed E-state index contributed by atoms with van der Waals surface area (Å²) in [4.78, 5) is 16.6. The van der Waals surface area contributed by atoms with Gasteiger partial charge in [-0.3, -0.25) is 4.79 Å². The van der Waals surface area contributed by atoms with Gasteiger partial charge in [-0.25, -0.2) is 4.99 Å². The number of fused-ring (bicyclic) bond motifs is 2. The number of aliphatic imine (C=N–C) groups is 1. The van der Waals surface area contributed by atoms with Gasteiger partial charge < -0.3 is 20.4 Å². The molecule has 6 nitrogen and oxygen atoms in total. The second-order valence-electron chi connectivity index (χ2n) is 8.64. The van der Waals surface area contributed by atoms with E-state index in [1.165, 1.54) is 25.7 Å². The SMILES string of the molecule is CC(C)(C)NC(=O)CN=C(NCCc1ccco1)NC1CC2CCC1C2. The normalized spacial score (nSPS) is 25.3. The van der Waals surface area contributed by atoms with Crippen molar-refractivity contribution in [3.8, 4) is 0 Å². The zero-order chi connectivity index (χ0) is 18.6. The lowest BCUT2D eigenvalue weighted by Gasteiger charge is -2.25. The molecule has 2 fully saturated rings. The Morgan fingerprint density at radius 3 is 2.77 bits per heavy atom. The molecule has 1 aromatic rings. The van der Waals surface area contributed by atoms with Crippen LogP contribution in [0.4, 0.5) is 0 Å². The monoisotopic (exact) mass is 360 g/mol. The van der Waals surface area contributed by atoms with Crippen LogP contribution >= 0.6 is 0 Å². The van der Waals surface area contributed by atoms with Crippen LogP contribution in [-0.4, -0.2) is 36.5 Å². The van der Waals surface area contributed by atoms with E-state index in [4.69, 9.17) is 4.42 Å². The van der Waals surface area contributed by atoms with Crippen molar-refractivity contribution in [2.45, 2.75) is 64.5 Å². The average molecular weight is 361 g/mol. The summed E-state index contributed by atoms with van der Waals surface area (Å²) in [6, 6.07) is 4.35. The van der Waals surface area contributed by atoms with Crippen molar-refractivity contribution in [3.05, 3.63) is 24.2 Å². The maximum absolute atomic E-state index is 12.1. The van der Waals surface area contributed by atoms with E-state index in [1.807, 2.05) is 32.9 Å². The Labute approximate surface area is 156 Å². The third-order valence-electron chi connectivity index (χ3n) is 5.20. The van der Waals surface area contributed by atoms with Crippen molar-refractivity contribution in [1.29, 1.82) is 0 Å². The smallest absolute Gasteiger partial charge is 0.242 e. The lowest BCUT2D eigenvalue weighted by Crippen LogP contribution is -2.47. The molecule has 0 aromatic carbocycles. The van der Waals surface area contributed by atoms with Crippen LogP contribution in [0.15, 0.2) is 27.8 Å². The molecule has 0 radical (unpaired) electrons. The third kappa shape index (κ3) is 5.51. The van der Waals surface area contributed by atoms with Crippen molar-refractivity contribution in [3.63, 3.8) is 0 Å². The molecule has 6 heteroatoms. The van der Waals surface area contributed by atoms with Gasteiger partial charge in [-0.1, -0.05) is 6.42 Å². The largest absolute Gasteiger partial charge is 0.469 e. The molecule has 0 aliphatic heterocycles. The van der Waals surface area contributed by atoms with E-state index in [0.717, 1.165) is 36.5 Å². The molecule has 0 saturated heterocycles. The first kappa shape index (κ1) is 18.8. The summed E-state index contributed by atoms with van der Waals surface area (Å²) in [6.45, 7) is 6.79. The predicted molar refractivity (Wildman–Crippen MR) is 103 cm³/mol. The summed E-state index contributed by atoms with van der Waals surface area (Å²) in [5, 5.41) is 9.89. The molecule has 3 unspecified atom stereocenters. The van der Waals surface area contributed by atoms with E-state index in [2.05, 4.69) is 20.9 Å². The van der Waals surface area contributed by atoms with Crippen molar-refractivity contribution in [1.82, 2.24) is 16.0 Å². The van der Waals surface area contributed by atoms with Crippen LogP contribution in [-0.2, 0) is 11.2 Å². The maximum atomic E-state index is 12.1. The molecular weight excluding hydrogens is 328 g/mol. The van der Waals surface area contributed by atoms with Crippen LogP contribution in [0.1, 0.15) is 52.2 Å². The van der Waals surface area contributed by atoms with Gasteiger partial charge in [0, 0.05) is 24.5 Å². The second kappa shape index (κ2) is 8.14. The standard InChI is InChI=1S/C20H32N4O2/c1-20(2,3)24-18(25)13-22-19(21-9-8-16-5-4-10-26-16)23-17-12-14-6-7-15(17)11-14/h4-5,10,14-15,17H,6-9,11-13H2,1-3H3,(H,24,25)(H2,21,22,23). The predicted octanol–water partition coefficient (Wildman–Crippen LogP) is 2.46. The number of hydrogen-bond donors (Lipinski definition) is 3. The first-order chi connectivity index (χ1) is 12.4. The highest BCUT2D eigenvalue weighted by Gasteiger charge is 2.39. The quantitative estimate of drug-likeness (QED) is 0.538. The molecular formula is C20H32N4O2. The average Bonchev–Trinajstić information content (AvgIpc) is 3.28. The minimum atomic E-state index is -0.239. The Morgan fingerprint density at radius 1 is 1.31 bits per heavy atom. The number of furan rings is 1. The van der Waals surface area contributed by atoms with E-state index in [9.17, 15) is 4.79 Å². The molecule has 2 aliphatic carbocycles. The molecule has 3 N–H and O–H groups in total. The van der Waals surface area contributed by atoms with Crippen LogP contribution in [0.25, 0.3) is 0 Å². The number of nitrogens with zero attached hydrogens (tertiary/aromatic N) is 1. The fraction of sp³-hybridized carbons (Fsp3) is 0.700. The first-order valence-corrected chi connectivity index (χ1v) is 9.77. The molecule has 0 spiro atoms.